The van der Waals surface area contributed by atoms with Crippen LogP contribution >= 0.6 is 0 Å². The van der Waals surface area contributed by atoms with Gasteiger partial charge < -0.3 is 15.0 Å². The summed E-state index contributed by atoms with van der Waals surface area (Å²) in [5, 5.41) is 8.89. The van der Waals surface area contributed by atoms with Gasteiger partial charge in [0.05, 0.1) is 0 Å². The maximum Gasteiger partial charge on any atom is 0.323 e. The Morgan fingerprint density at radius 1 is 1.14 bits per heavy atom. The summed E-state index contributed by atoms with van der Waals surface area (Å²) in [4.78, 5) is 27.6. The Hall–Kier alpha value is -2.56. The van der Waals surface area contributed by atoms with Crippen molar-refractivity contribution in [3.63, 3.8) is 0 Å². The summed E-state index contributed by atoms with van der Waals surface area (Å²) in [6, 6.07) is 13.2. The van der Waals surface area contributed by atoms with Crippen molar-refractivity contribution in [2.24, 2.45) is 0 Å². The first-order valence-corrected chi connectivity index (χ1v) is 6.87. The number of benzene rings is 1. The molecule has 0 fully saturated rings. The number of carboxylic acid groups (broad SMARTS) is 1. The third-order valence-corrected chi connectivity index (χ3v) is 3.11. The summed E-state index contributed by atoms with van der Waals surface area (Å²) in [6.45, 7) is 2.05. The molecule has 5 nitrogen and oxygen atoms in total. The zero-order valence-electron chi connectivity index (χ0n) is 11.9. The second-order valence-corrected chi connectivity index (χ2v) is 4.77. The van der Waals surface area contributed by atoms with Crippen molar-refractivity contribution in [2.45, 2.75) is 13.3 Å². The van der Waals surface area contributed by atoms with Crippen LogP contribution < -0.4 is 0 Å². The van der Waals surface area contributed by atoms with E-state index in [1.54, 1.807) is 6.07 Å². The summed E-state index contributed by atoms with van der Waals surface area (Å²) in [6.07, 6.45) is 0.714. The lowest BCUT2D eigenvalue weighted by molar-refractivity contribution is -0.137. The predicted molar refractivity (Wildman–Crippen MR) is 80.1 cm³/mol. The van der Waals surface area contributed by atoms with Gasteiger partial charge in [0, 0.05) is 12.2 Å². The van der Waals surface area contributed by atoms with Crippen LogP contribution in [0, 0.1) is 0 Å². The average molecular weight is 286 g/mol. The number of aliphatic carboxylic acids is 1. The van der Waals surface area contributed by atoms with Crippen molar-refractivity contribution < 1.29 is 14.7 Å². The van der Waals surface area contributed by atoms with Crippen LogP contribution in [-0.2, 0) is 4.79 Å². The largest absolute Gasteiger partial charge is 0.480 e. The molecule has 21 heavy (non-hydrogen) atoms. The molecule has 0 aliphatic carbocycles. The number of aromatic amines is 1. The van der Waals surface area contributed by atoms with Gasteiger partial charge in [0.15, 0.2) is 0 Å². The predicted octanol–water partition coefficient (Wildman–Crippen LogP) is 2.62. The molecule has 0 saturated heterocycles. The third kappa shape index (κ3) is 3.72. The zero-order chi connectivity index (χ0) is 15.2. The molecule has 0 saturated carbocycles. The van der Waals surface area contributed by atoms with E-state index in [4.69, 9.17) is 5.11 Å². The lowest BCUT2D eigenvalue weighted by atomic mass is 10.2. The van der Waals surface area contributed by atoms with Crippen molar-refractivity contribution in [3.8, 4) is 11.3 Å². The fourth-order valence-corrected chi connectivity index (χ4v) is 2.16. The smallest absolute Gasteiger partial charge is 0.323 e. The van der Waals surface area contributed by atoms with Crippen LogP contribution in [-0.4, -0.2) is 40.0 Å². The highest BCUT2D eigenvalue weighted by Gasteiger charge is 2.19. The van der Waals surface area contributed by atoms with Gasteiger partial charge in [0.2, 0.25) is 0 Å². The van der Waals surface area contributed by atoms with Crippen LogP contribution in [0.4, 0.5) is 0 Å². The number of amides is 1. The number of carbonyl (C=O) groups is 2. The normalized spacial score (nSPS) is 10.3. The molecule has 2 rings (SSSR count). The first-order valence-electron chi connectivity index (χ1n) is 6.87. The number of aromatic nitrogens is 1. The summed E-state index contributed by atoms with van der Waals surface area (Å²) < 4.78 is 0. The van der Waals surface area contributed by atoms with Gasteiger partial charge in [0.25, 0.3) is 5.91 Å². The number of carbonyl (C=O) groups excluding carboxylic acids is 1. The van der Waals surface area contributed by atoms with E-state index in [9.17, 15) is 9.59 Å². The van der Waals surface area contributed by atoms with Crippen LogP contribution in [0.2, 0.25) is 0 Å². The Labute approximate surface area is 123 Å². The number of H-pyrrole nitrogens is 1. The number of nitrogens with zero attached hydrogens (tertiary/aromatic N) is 1. The van der Waals surface area contributed by atoms with Crippen molar-refractivity contribution in [2.75, 3.05) is 13.1 Å². The number of carboxylic acids is 1. The number of hydrogen-bond donors (Lipinski definition) is 2. The van der Waals surface area contributed by atoms with E-state index >= 15 is 0 Å². The molecule has 110 valence electrons. The molecule has 1 aromatic carbocycles. The molecule has 0 bridgehead atoms. The molecular weight excluding hydrogens is 268 g/mol. The molecule has 2 aromatic rings. The molecule has 1 heterocycles. The maximum atomic E-state index is 12.3. The fraction of sp³-hybridized carbons (Fsp3) is 0.250. The lowest BCUT2D eigenvalue weighted by Gasteiger charge is -2.19. The van der Waals surface area contributed by atoms with E-state index in [1.807, 2.05) is 43.3 Å². The molecule has 2 N–H and O–H groups in total. The number of rotatable bonds is 6. The van der Waals surface area contributed by atoms with Crippen molar-refractivity contribution >= 4 is 11.9 Å². The van der Waals surface area contributed by atoms with Gasteiger partial charge in [-0.05, 0) is 24.1 Å². The second kappa shape index (κ2) is 6.74. The van der Waals surface area contributed by atoms with Crippen molar-refractivity contribution in [1.29, 1.82) is 0 Å². The Bertz CT molecular complexity index is 619. The van der Waals surface area contributed by atoms with Gasteiger partial charge in [-0.1, -0.05) is 37.3 Å². The summed E-state index contributed by atoms with van der Waals surface area (Å²) in [5.41, 5.74) is 2.23. The van der Waals surface area contributed by atoms with Crippen LogP contribution in [0.1, 0.15) is 23.8 Å². The highest BCUT2D eigenvalue weighted by Crippen LogP contribution is 2.18. The Balaban J connectivity index is 2.19. The van der Waals surface area contributed by atoms with Crippen LogP contribution in [0.5, 0.6) is 0 Å². The van der Waals surface area contributed by atoms with E-state index in [1.165, 1.54) is 4.90 Å². The van der Waals surface area contributed by atoms with Gasteiger partial charge in [0.1, 0.15) is 12.2 Å². The van der Waals surface area contributed by atoms with Crippen LogP contribution in [0.25, 0.3) is 11.3 Å². The zero-order valence-corrected chi connectivity index (χ0v) is 11.9. The quantitative estimate of drug-likeness (QED) is 0.857. The van der Waals surface area contributed by atoms with Gasteiger partial charge in [-0.2, -0.15) is 0 Å². The molecular formula is C16H18N2O3. The van der Waals surface area contributed by atoms with Gasteiger partial charge in [-0.25, -0.2) is 0 Å². The molecule has 0 spiro atoms. The maximum absolute atomic E-state index is 12.3. The average Bonchev–Trinajstić information content (AvgIpc) is 2.96. The SMILES string of the molecule is CCCN(CC(=O)O)C(=O)c1ccc(-c2ccccc2)[nH]1. The first kappa shape index (κ1) is 14.8. The lowest BCUT2D eigenvalue weighted by Crippen LogP contribution is -2.36. The highest BCUT2D eigenvalue weighted by atomic mass is 16.4. The molecule has 1 amide bonds. The highest BCUT2D eigenvalue weighted by molar-refractivity contribution is 5.95. The van der Waals surface area contributed by atoms with Gasteiger partial charge in [-0.15, -0.1) is 0 Å². The molecule has 0 aliphatic rings. The molecule has 5 heteroatoms. The monoisotopic (exact) mass is 286 g/mol. The minimum Gasteiger partial charge on any atom is -0.480 e. The minimum atomic E-state index is -1.01. The Morgan fingerprint density at radius 2 is 1.86 bits per heavy atom. The van der Waals surface area contributed by atoms with Gasteiger partial charge >= 0.3 is 5.97 Å². The molecule has 1 aromatic heterocycles. The number of nitrogens with one attached hydrogen (secondary N) is 1. The minimum absolute atomic E-state index is 0.285. The fourth-order valence-electron chi connectivity index (χ4n) is 2.16. The van der Waals surface area contributed by atoms with Crippen molar-refractivity contribution in [3.05, 3.63) is 48.2 Å². The molecule has 0 aliphatic heterocycles. The third-order valence-electron chi connectivity index (χ3n) is 3.11. The van der Waals surface area contributed by atoms with E-state index in [0.29, 0.717) is 18.7 Å². The van der Waals surface area contributed by atoms with Crippen molar-refractivity contribution in [1.82, 2.24) is 9.88 Å². The van der Waals surface area contributed by atoms with Crippen LogP contribution in [0.15, 0.2) is 42.5 Å². The van der Waals surface area contributed by atoms with E-state index < -0.39 is 5.97 Å². The molecule has 0 atom stereocenters. The second-order valence-electron chi connectivity index (χ2n) is 4.77. The van der Waals surface area contributed by atoms with E-state index in [-0.39, 0.29) is 12.5 Å². The first-order chi connectivity index (χ1) is 10.1. The van der Waals surface area contributed by atoms with E-state index in [2.05, 4.69) is 4.98 Å². The molecule has 0 radical (unpaired) electrons. The van der Waals surface area contributed by atoms with E-state index in [0.717, 1.165) is 11.3 Å². The molecule has 0 unspecified atom stereocenters. The standard InChI is InChI=1S/C16H18N2O3/c1-2-10-18(11-15(19)20)16(21)14-9-8-13(17-14)12-6-4-3-5-7-12/h3-9,17H,2,10-11H2,1H3,(H,19,20). The summed E-state index contributed by atoms with van der Waals surface area (Å²) in [5.74, 6) is -1.30. The Kier molecular flexibility index (Phi) is 4.77. The number of hydrogen-bond acceptors (Lipinski definition) is 2. The van der Waals surface area contributed by atoms with Crippen LogP contribution in [0.3, 0.4) is 0 Å². The topological polar surface area (TPSA) is 73.4 Å². The van der Waals surface area contributed by atoms with Gasteiger partial charge in [-0.3, -0.25) is 9.59 Å². The summed E-state index contributed by atoms with van der Waals surface area (Å²) in [7, 11) is 0. The summed E-state index contributed by atoms with van der Waals surface area (Å²) >= 11 is 0. The Morgan fingerprint density at radius 3 is 2.48 bits per heavy atom.